The van der Waals surface area contributed by atoms with Gasteiger partial charge in [0.25, 0.3) is 0 Å². The molecule has 10 rings (SSSR count). The van der Waals surface area contributed by atoms with Crippen molar-refractivity contribution in [3.63, 3.8) is 0 Å². The van der Waals surface area contributed by atoms with Crippen molar-refractivity contribution in [1.29, 1.82) is 0 Å². The number of fused-ring (bicyclic) bond motifs is 12. The van der Waals surface area contributed by atoms with Gasteiger partial charge in [0, 0.05) is 47.4 Å². The van der Waals surface area contributed by atoms with E-state index in [1.807, 2.05) is 42.9 Å². The van der Waals surface area contributed by atoms with Gasteiger partial charge >= 0.3 is 21.1 Å². The van der Waals surface area contributed by atoms with Crippen LogP contribution in [-0.2, 0) is 21.1 Å². The zero-order valence-corrected chi connectivity index (χ0v) is 32.9. The van der Waals surface area contributed by atoms with Crippen LogP contribution in [0.5, 0.6) is 11.5 Å². The van der Waals surface area contributed by atoms with Crippen LogP contribution < -0.4 is 4.74 Å². The molecule has 0 aliphatic rings. The Hall–Kier alpha value is -5.91. The summed E-state index contributed by atoms with van der Waals surface area (Å²) in [6.45, 7) is 12.9. The standard InChI is InChI=1S/C46H34N6O.Pt/c1-25-17-27(3)41(28(4)18-25)39-24-51-43-35(9-7-15-47-43)33-13-11-32(22-38(33)46(51)50-39)53-31-12-14-34-36-10-8-16-48-44(36)52-40(23-49-45(52)37(34)21-31)42-29(5)19-26(2)20-30(42)6;/h7-20,23-24H,1-6H3;/q-2;+2. The molecule has 4 aromatic carbocycles. The van der Waals surface area contributed by atoms with Gasteiger partial charge in [0.15, 0.2) is 0 Å². The predicted molar refractivity (Wildman–Crippen MR) is 213 cm³/mol. The number of pyridine rings is 4. The first-order valence-corrected chi connectivity index (χ1v) is 17.8. The largest absolute Gasteiger partial charge is 2.00 e. The number of aryl methyl sites for hydroxylation is 6. The Bertz CT molecular complexity index is 3080. The molecule has 0 amide bonds. The number of nitrogens with zero attached hydrogens (tertiary/aromatic N) is 6. The second kappa shape index (κ2) is 12.6. The third kappa shape index (κ3) is 5.13. The van der Waals surface area contributed by atoms with Gasteiger partial charge in [-0.15, -0.1) is 12.1 Å². The molecule has 6 heterocycles. The van der Waals surface area contributed by atoms with Crippen LogP contribution in [0.15, 0.2) is 97.6 Å². The Morgan fingerprint density at radius 1 is 0.556 bits per heavy atom. The Morgan fingerprint density at radius 2 is 1.09 bits per heavy atom. The van der Waals surface area contributed by atoms with Crippen LogP contribution in [0.4, 0.5) is 0 Å². The minimum Gasteiger partial charge on any atom is -0.497 e. The Balaban J connectivity index is 0.00000384. The van der Waals surface area contributed by atoms with Gasteiger partial charge in [0.2, 0.25) is 0 Å². The molecule has 0 saturated carbocycles. The summed E-state index contributed by atoms with van der Waals surface area (Å²) in [7, 11) is 0. The van der Waals surface area contributed by atoms with Crippen LogP contribution in [-0.4, -0.2) is 28.7 Å². The molecule has 0 saturated heterocycles. The number of imidazole rings is 2. The van der Waals surface area contributed by atoms with Crippen LogP contribution in [0.1, 0.15) is 33.4 Å². The monoisotopic (exact) mass is 881 g/mol. The molecular formula is C46H34N6OPt. The van der Waals surface area contributed by atoms with E-state index < -0.39 is 0 Å². The summed E-state index contributed by atoms with van der Waals surface area (Å²) in [5.74, 6) is 1.14. The SMILES string of the molecule is Cc1cc(C)c(-c2cn3c(n2)c2[c-]c(Oc4[c-]c5c(cc4)c4cccnc4n4c(-c6c(C)cc(C)cc6C)cnc54)ccc2c2cccnc23)c(C)c1.[Pt+2]. The van der Waals surface area contributed by atoms with Crippen molar-refractivity contribution in [2.24, 2.45) is 0 Å². The van der Waals surface area contributed by atoms with E-state index in [1.54, 1.807) is 0 Å². The zero-order valence-electron chi connectivity index (χ0n) is 30.6. The molecule has 0 bridgehead atoms. The van der Waals surface area contributed by atoms with Gasteiger partial charge in [-0.1, -0.05) is 93.3 Å². The summed E-state index contributed by atoms with van der Waals surface area (Å²) >= 11 is 0. The molecule has 0 unspecified atom stereocenters. The number of hydrogen-bond donors (Lipinski definition) is 0. The van der Waals surface area contributed by atoms with Crippen LogP contribution in [0.25, 0.3) is 77.4 Å². The van der Waals surface area contributed by atoms with Crippen molar-refractivity contribution in [2.45, 2.75) is 41.5 Å². The summed E-state index contributed by atoms with van der Waals surface area (Å²) in [5, 5.41) is 5.79. The van der Waals surface area contributed by atoms with Crippen LogP contribution in [0, 0.1) is 53.7 Å². The summed E-state index contributed by atoms with van der Waals surface area (Å²) in [6, 6.07) is 32.3. The molecule has 0 aliphatic carbocycles. The smallest absolute Gasteiger partial charge is 0.497 e. The number of hydrogen-bond acceptors (Lipinski definition) is 5. The van der Waals surface area contributed by atoms with Gasteiger partial charge in [-0.2, -0.15) is 0 Å². The molecule has 7 nitrogen and oxygen atoms in total. The van der Waals surface area contributed by atoms with E-state index in [9.17, 15) is 0 Å². The normalized spacial score (nSPS) is 11.7. The van der Waals surface area contributed by atoms with Crippen molar-refractivity contribution in [3.8, 4) is 34.0 Å². The molecule has 0 spiro atoms. The summed E-state index contributed by atoms with van der Waals surface area (Å²) in [4.78, 5) is 19.8. The third-order valence-electron chi connectivity index (χ3n) is 10.4. The number of aromatic nitrogens is 6. The van der Waals surface area contributed by atoms with Gasteiger partial charge < -0.3 is 13.5 Å². The molecule has 264 valence electrons. The van der Waals surface area contributed by atoms with Crippen molar-refractivity contribution in [1.82, 2.24) is 28.7 Å². The first-order chi connectivity index (χ1) is 25.7. The average Bonchev–Trinajstić information content (AvgIpc) is 3.77. The molecule has 0 fully saturated rings. The first kappa shape index (κ1) is 33.9. The van der Waals surface area contributed by atoms with Gasteiger partial charge in [-0.05, 0) is 86.7 Å². The van der Waals surface area contributed by atoms with Gasteiger partial charge in [0.1, 0.15) is 11.3 Å². The maximum Gasteiger partial charge on any atom is 2.00 e. The van der Waals surface area contributed by atoms with E-state index in [-0.39, 0.29) is 21.1 Å². The molecule has 0 N–H and O–H groups in total. The summed E-state index contributed by atoms with van der Waals surface area (Å²) in [6.07, 6.45) is 7.71. The van der Waals surface area contributed by atoms with Crippen molar-refractivity contribution in [3.05, 3.63) is 143 Å². The van der Waals surface area contributed by atoms with E-state index in [0.717, 1.165) is 77.4 Å². The molecule has 8 heteroatoms. The fraction of sp³-hybridized carbons (Fsp3) is 0.130. The van der Waals surface area contributed by atoms with Crippen LogP contribution in [0.3, 0.4) is 0 Å². The second-order valence-corrected chi connectivity index (χ2v) is 14.2. The van der Waals surface area contributed by atoms with E-state index in [4.69, 9.17) is 24.7 Å². The van der Waals surface area contributed by atoms with E-state index >= 15 is 0 Å². The van der Waals surface area contributed by atoms with E-state index in [0.29, 0.717) is 11.5 Å². The van der Waals surface area contributed by atoms with Crippen molar-refractivity contribution >= 4 is 54.9 Å². The third-order valence-corrected chi connectivity index (χ3v) is 10.4. The fourth-order valence-corrected chi connectivity index (χ4v) is 8.50. The molecule has 10 aromatic rings. The van der Waals surface area contributed by atoms with Crippen LogP contribution in [0.2, 0.25) is 0 Å². The second-order valence-electron chi connectivity index (χ2n) is 14.2. The zero-order chi connectivity index (χ0) is 36.1. The number of ether oxygens (including phenoxy) is 1. The van der Waals surface area contributed by atoms with Gasteiger partial charge in [-0.25, -0.2) is 9.97 Å². The summed E-state index contributed by atoms with van der Waals surface area (Å²) < 4.78 is 10.8. The molecule has 0 atom stereocenters. The molecule has 54 heavy (non-hydrogen) atoms. The predicted octanol–water partition coefficient (Wildman–Crippen LogP) is 11.0. The fourth-order valence-electron chi connectivity index (χ4n) is 8.50. The number of benzene rings is 4. The van der Waals surface area contributed by atoms with Crippen molar-refractivity contribution < 1.29 is 25.8 Å². The Morgan fingerprint density at radius 3 is 1.70 bits per heavy atom. The number of rotatable bonds is 4. The van der Waals surface area contributed by atoms with E-state index in [1.165, 1.54) is 33.4 Å². The van der Waals surface area contributed by atoms with Gasteiger partial charge in [-0.3, -0.25) is 9.97 Å². The minimum absolute atomic E-state index is 0. The average molecular weight is 882 g/mol. The quantitative estimate of drug-likeness (QED) is 0.130. The van der Waals surface area contributed by atoms with Gasteiger partial charge in [0.05, 0.1) is 22.7 Å². The molecule has 6 aromatic heterocycles. The Kier molecular flexibility index (Phi) is 7.91. The first-order valence-electron chi connectivity index (χ1n) is 17.8. The molecule has 0 aliphatic heterocycles. The molecule has 0 radical (unpaired) electrons. The minimum atomic E-state index is 0. The van der Waals surface area contributed by atoms with Crippen LogP contribution >= 0.6 is 0 Å². The topological polar surface area (TPSA) is 69.6 Å². The Labute approximate surface area is 326 Å². The summed E-state index contributed by atoms with van der Waals surface area (Å²) in [5.41, 5.74) is 14.7. The maximum absolute atomic E-state index is 6.59. The van der Waals surface area contributed by atoms with E-state index in [2.05, 4.69) is 117 Å². The maximum atomic E-state index is 6.59. The van der Waals surface area contributed by atoms with Crippen molar-refractivity contribution in [2.75, 3.05) is 0 Å². The molecular weight excluding hydrogens is 848 g/mol.